The summed E-state index contributed by atoms with van der Waals surface area (Å²) >= 11 is 0. The quantitative estimate of drug-likeness (QED) is 0.705. The van der Waals surface area contributed by atoms with E-state index in [0.29, 0.717) is 46.2 Å². The number of aromatic nitrogens is 4. The summed E-state index contributed by atoms with van der Waals surface area (Å²) < 4.78 is 7.32. The summed E-state index contributed by atoms with van der Waals surface area (Å²) in [7, 11) is 1.75. The number of urea groups is 1. The summed E-state index contributed by atoms with van der Waals surface area (Å²) in [6.45, 7) is 5.65. The number of benzene rings is 1. The number of carbonyl (C=O) groups is 1. The summed E-state index contributed by atoms with van der Waals surface area (Å²) in [5, 5.41) is 7.68. The Morgan fingerprint density at radius 3 is 2.79 bits per heavy atom. The lowest BCUT2D eigenvalue weighted by atomic mass is 10.1. The predicted octanol–water partition coefficient (Wildman–Crippen LogP) is 2.66. The smallest absolute Gasteiger partial charge is 0.321 e. The van der Waals surface area contributed by atoms with E-state index < -0.39 is 0 Å². The largest absolute Gasteiger partial charge is 0.493 e. The van der Waals surface area contributed by atoms with Crippen LogP contribution < -0.4 is 15.6 Å². The summed E-state index contributed by atoms with van der Waals surface area (Å²) in [5.74, 6) is 0.944. The number of amides is 2. The number of fused-ring (bicyclic) bond motifs is 1. The van der Waals surface area contributed by atoms with E-state index in [9.17, 15) is 9.59 Å². The molecule has 0 spiro atoms. The van der Waals surface area contributed by atoms with E-state index >= 15 is 0 Å². The number of nitrogens with one attached hydrogen (secondary N) is 2. The van der Waals surface area contributed by atoms with E-state index in [4.69, 9.17) is 4.74 Å². The summed E-state index contributed by atoms with van der Waals surface area (Å²) in [4.78, 5) is 34.3. The average Bonchev–Trinajstić information content (AvgIpc) is 3.32. The van der Waals surface area contributed by atoms with Crippen molar-refractivity contribution < 1.29 is 9.53 Å². The standard InChI is InChI=1S/C20H24N6O3/c1-4-29-15-8-7-13(21-20(28)26-9-5-6-10-26)11-14(15)17-22-18-16(19(27)23-17)12(2)24-25(18)3/h7-8,11H,4-6,9-10H2,1-3H3,(H,21,28)(H,22,23,27). The van der Waals surface area contributed by atoms with Gasteiger partial charge in [0.2, 0.25) is 0 Å². The number of likely N-dealkylation sites (tertiary alicyclic amines) is 1. The lowest BCUT2D eigenvalue weighted by Gasteiger charge is -2.17. The van der Waals surface area contributed by atoms with E-state index in [0.717, 1.165) is 25.9 Å². The average molecular weight is 396 g/mol. The fourth-order valence-corrected chi connectivity index (χ4v) is 3.67. The Bertz CT molecular complexity index is 1130. The van der Waals surface area contributed by atoms with Crippen molar-refractivity contribution in [2.24, 2.45) is 7.05 Å². The van der Waals surface area contributed by atoms with Crippen LogP contribution in [0.2, 0.25) is 0 Å². The number of carbonyl (C=O) groups excluding carboxylic acids is 1. The fourth-order valence-electron chi connectivity index (χ4n) is 3.67. The number of aromatic amines is 1. The first kappa shape index (κ1) is 19.0. The van der Waals surface area contributed by atoms with E-state index in [1.165, 1.54) is 0 Å². The first-order valence-electron chi connectivity index (χ1n) is 9.74. The van der Waals surface area contributed by atoms with E-state index in [-0.39, 0.29) is 11.6 Å². The molecule has 0 saturated carbocycles. The van der Waals surface area contributed by atoms with Gasteiger partial charge in [-0.25, -0.2) is 14.5 Å². The van der Waals surface area contributed by atoms with Crippen molar-refractivity contribution in [2.75, 3.05) is 25.0 Å². The zero-order chi connectivity index (χ0) is 20.5. The topological polar surface area (TPSA) is 105 Å². The van der Waals surface area contributed by atoms with Crippen LogP contribution in [0.4, 0.5) is 10.5 Å². The third kappa shape index (κ3) is 3.55. The number of ether oxygens (including phenoxy) is 1. The Labute approximate surface area is 167 Å². The lowest BCUT2D eigenvalue weighted by Crippen LogP contribution is -2.32. The molecule has 4 rings (SSSR count). The number of rotatable bonds is 4. The summed E-state index contributed by atoms with van der Waals surface area (Å²) in [6, 6.07) is 5.20. The molecule has 9 heteroatoms. The van der Waals surface area contributed by atoms with Crippen molar-refractivity contribution >= 4 is 22.8 Å². The Morgan fingerprint density at radius 1 is 1.31 bits per heavy atom. The molecule has 1 saturated heterocycles. The van der Waals surface area contributed by atoms with Gasteiger partial charge >= 0.3 is 6.03 Å². The zero-order valence-electron chi connectivity index (χ0n) is 16.8. The van der Waals surface area contributed by atoms with Crippen molar-refractivity contribution in [1.29, 1.82) is 0 Å². The number of nitrogens with zero attached hydrogens (tertiary/aromatic N) is 4. The van der Waals surface area contributed by atoms with Crippen LogP contribution in [-0.4, -0.2) is 50.4 Å². The summed E-state index contributed by atoms with van der Waals surface area (Å²) in [6.07, 6.45) is 2.05. The second-order valence-electron chi connectivity index (χ2n) is 7.09. The molecule has 1 aliphatic rings. The zero-order valence-corrected chi connectivity index (χ0v) is 16.8. The lowest BCUT2D eigenvalue weighted by molar-refractivity contribution is 0.222. The molecule has 0 unspecified atom stereocenters. The van der Waals surface area contributed by atoms with Gasteiger partial charge in [0.1, 0.15) is 17.0 Å². The van der Waals surface area contributed by atoms with Gasteiger partial charge in [-0.05, 0) is 44.9 Å². The third-order valence-electron chi connectivity index (χ3n) is 5.05. The highest BCUT2D eigenvalue weighted by molar-refractivity contribution is 5.91. The molecule has 0 atom stereocenters. The molecule has 1 aromatic carbocycles. The second kappa shape index (κ2) is 7.57. The van der Waals surface area contributed by atoms with Gasteiger partial charge < -0.3 is 19.9 Å². The minimum absolute atomic E-state index is 0.128. The van der Waals surface area contributed by atoms with Crippen molar-refractivity contribution in [3.8, 4) is 17.1 Å². The van der Waals surface area contributed by atoms with E-state index in [2.05, 4.69) is 20.4 Å². The summed E-state index contributed by atoms with van der Waals surface area (Å²) in [5.41, 5.74) is 2.08. The SMILES string of the molecule is CCOc1ccc(NC(=O)N2CCCC2)cc1-c1nc2c(c(C)nn2C)c(=O)[nH]1. The molecular weight excluding hydrogens is 372 g/mol. The Balaban J connectivity index is 1.76. The fraction of sp³-hybridized carbons (Fsp3) is 0.400. The molecule has 1 aliphatic heterocycles. The first-order valence-corrected chi connectivity index (χ1v) is 9.74. The highest BCUT2D eigenvalue weighted by Crippen LogP contribution is 2.31. The van der Waals surface area contributed by atoms with Gasteiger partial charge in [0.05, 0.1) is 17.9 Å². The molecule has 2 amide bonds. The van der Waals surface area contributed by atoms with Gasteiger partial charge in [-0.15, -0.1) is 0 Å². The minimum atomic E-state index is -0.260. The van der Waals surface area contributed by atoms with Gasteiger partial charge in [-0.1, -0.05) is 0 Å². The monoisotopic (exact) mass is 396 g/mol. The molecule has 1 fully saturated rings. The molecule has 2 N–H and O–H groups in total. The van der Waals surface area contributed by atoms with Crippen molar-refractivity contribution in [3.05, 3.63) is 34.2 Å². The molecule has 3 heterocycles. The molecule has 2 aromatic heterocycles. The number of hydrogen-bond acceptors (Lipinski definition) is 5. The van der Waals surface area contributed by atoms with Crippen LogP contribution in [0.5, 0.6) is 5.75 Å². The molecule has 9 nitrogen and oxygen atoms in total. The molecule has 0 aliphatic carbocycles. The molecule has 0 bridgehead atoms. The maximum absolute atomic E-state index is 12.6. The maximum Gasteiger partial charge on any atom is 0.321 e. The van der Waals surface area contributed by atoms with Crippen LogP contribution in [-0.2, 0) is 7.05 Å². The van der Waals surface area contributed by atoms with Gasteiger partial charge in [-0.3, -0.25) is 4.79 Å². The van der Waals surface area contributed by atoms with Crippen LogP contribution in [0.3, 0.4) is 0 Å². The van der Waals surface area contributed by atoms with Crippen molar-refractivity contribution in [1.82, 2.24) is 24.6 Å². The number of aryl methyl sites for hydroxylation is 2. The van der Waals surface area contributed by atoms with Crippen LogP contribution in [0, 0.1) is 6.92 Å². The molecular formula is C20H24N6O3. The van der Waals surface area contributed by atoms with Crippen molar-refractivity contribution in [3.63, 3.8) is 0 Å². The maximum atomic E-state index is 12.6. The van der Waals surface area contributed by atoms with Gasteiger partial charge in [0.15, 0.2) is 5.65 Å². The number of anilines is 1. The van der Waals surface area contributed by atoms with E-state index in [1.807, 2.05) is 6.92 Å². The Morgan fingerprint density at radius 2 is 2.07 bits per heavy atom. The van der Waals surface area contributed by atoms with Crippen LogP contribution in [0.25, 0.3) is 22.4 Å². The van der Waals surface area contributed by atoms with E-state index in [1.54, 1.807) is 41.8 Å². The number of H-pyrrole nitrogens is 1. The van der Waals surface area contributed by atoms with Gasteiger partial charge in [0.25, 0.3) is 5.56 Å². The van der Waals surface area contributed by atoms with Gasteiger partial charge in [-0.2, -0.15) is 5.10 Å². The van der Waals surface area contributed by atoms with Crippen LogP contribution in [0.15, 0.2) is 23.0 Å². The molecule has 152 valence electrons. The minimum Gasteiger partial charge on any atom is -0.493 e. The second-order valence-corrected chi connectivity index (χ2v) is 7.09. The molecule has 3 aromatic rings. The Hall–Kier alpha value is -3.36. The number of hydrogen-bond donors (Lipinski definition) is 2. The first-order chi connectivity index (χ1) is 14.0. The molecule has 29 heavy (non-hydrogen) atoms. The normalized spacial score (nSPS) is 13.8. The highest BCUT2D eigenvalue weighted by atomic mass is 16.5. The molecule has 0 radical (unpaired) electrons. The van der Waals surface area contributed by atoms with Crippen LogP contribution in [0.1, 0.15) is 25.5 Å². The van der Waals surface area contributed by atoms with Crippen LogP contribution >= 0.6 is 0 Å². The Kier molecular flexibility index (Phi) is 4.96. The predicted molar refractivity (Wildman–Crippen MR) is 110 cm³/mol. The van der Waals surface area contributed by atoms with Gasteiger partial charge in [0, 0.05) is 25.8 Å². The van der Waals surface area contributed by atoms with Crippen molar-refractivity contribution in [2.45, 2.75) is 26.7 Å². The third-order valence-corrected chi connectivity index (χ3v) is 5.05. The highest BCUT2D eigenvalue weighted by Gasteiger charge is 2.20.